The lowest BCUT2D eigenvalue weighted by Crippen LogP contribution is -2.36. The molecule has 0 heterocycles. The van der Waals surface area contributed by atoms with Crippen LogP contribution in [0.25, 0.3) is 0 Å². The van der Waals surface area contributed by atoms with E-state index in [1.807, 2.05) is 6.92 Å². The van der Waals surface area contributed by atoms with Crippen molar-refractivity contribution in [2.45, 2.75) is 72.1 Å². The van der Waals surface area contributed by atoms with Crippen LogP contribution in [0.2, 0.25) is 0 Å². The molecule has 3 fully saturated rings. The van der Waals surface area contributed by atoms with Crippen LogP contribution in [-0.4, -0.2) is 13.1 Å². The molecule has 0 saturated heterocycles. The number of rotatable bonds is 5. The summed E-state index contributed by atoms with van der Waals surface area (Å²) in [7, 11) is 1.46. The number of fused-ring (bicyclic) bond motifs is 3. The van der Waals surface area contributed by atoms with Gasteiger partial charge in [-0.05, 0) is 99.2 Å². The minimum atomic E-state index is -0.195. The molecule has 154 valence electrons. The van der Waals surface area contributed by atoms with E-state index in [1.165, 1.54) is 52.1 Å². The van der Waals surface area contributed by atoms with Crippen molar-refractivity contribution in [3.05, 3.63) is 35.5 Å². The molecule has 2 heteroatoms. The lowest BCUT2D eigenvalue weighted by atomic mass is 9.61. The van der Waals surface area contributed by atoms with Gasteiger partial charge in [0.1, 0.15) is 0 Å². The van der Waals surface area contributed by atoms with Crippen LogP contribution in [0.4, 0.5) is 0 Å². The van der Waals surface area contributed by atoms with Crippen LogP contribution < -0.4 is 0 Å². The van der Waals surface area contributed by atoms with Crippen molar-refractivity contribution >= 4 is 5.97 Å². The number of carbonyl (C=O) groups is 1. The molecule has 2 nitrogen and oxygen atoms in total. The first-order valence-corrected chi connectivity index (χ1v) is 11.5. The zero-order valence-electron chi connectivity index (χ0n) is 18.3. The highest BCUT2D eigenvalue weighted by Crippen LogP contribution is 2.75. The molecule has 0 aromatic carbocycles. The second-order valence-corrected chi connectivity index (χ2v) is 10.3. The molecule has 3 saturated carbocycles. The Morgan fingerprint density at radius 1 is 1.39 bits per heavy atom. The third-order valence-electron chi connectivity index (χ3n) is 8.96. The van der Waals surface area contributed by atoms with Crippen LogP contribution in [0.15, 0.2) is 35.5 Å². The molecule has 7 atom stereocenters. The molecule has 0 spiro atoms. The van der Waals surface area contributed by atoms with Gasteiger partial charge in [0, 0.05) is 5.57 Å². The Kier molecular flexibility index (Phi) is 5.35. The van der Waals surface area contributed by atoms with Crippen molar-refractivity contribution in [2.75, 3.05) is 7.11 Å². The maximum absolute atomic E-state index is 11.6. The van der Waals surface area contributed by atoms with Gasteiger partial charge < -0.3 is 4.74 Å². The fourth-order valence-electron chi connectivity index (χ4n) is 7.41. The van der Waals surface area contributed by atoms with E-state index in [9.17, 15) is 4.79 Å². The molecule has 0 aliphatic heterocycles. The molecule has 0 aromatic rings. The van der Waals surface area contributed by atoms with Gasteiger partial charge in [0.15, 0.2) is 0 Å². The summed E-state index contributed by atoms with van der Waals surface area (Å²) in [5, 5.41) is 0. The van der Waals surface area contributed by atoms with Gasteiger partial charge in [-0.15, -0.1) is 0 Å². The summed E-state index contributed by atoms with van der Waals surface area (Å²) in [6.45, 7) is 11.5. The molecule has 4 aliphatic rings. The van der Waals surface area contributed by atoms with Gasteiger partial charge in [-0.1, -0.05) is 43.7 Å². The number of ether oxygens (including phenoxy) is 1. The molecule has 4 rings (SSSR count). The minimum Gasteiger partial charge on any atom is -0.466 e. The third kappa shape index (κ3) is 3.21. The average Bonchev–Trinajstić information content (AvgIpc) is 3.36. The molecule has 0 radical (unpaired) electrons. The van der Waals surface area contributed by atoms with Crippen LogP contribution in [0.5, 0.6) is 0 Å². The number of hydrogen-bond donors (Lipinski definition) is 0. The summed E-state index contributed by atoms with van der Waals surface area (Å²) in [6, 6.07) is 0. The lowest BCUT2D eigenvalue weighted by molar-refractivity contribution is -0.136. The first-order chi connectivity index (χ1) is 13.4. The first-order valence-electron chi connectivity index (χ1n) is 11.5. The highest BCUT2D eigenvalue weighted by molar-refractivity contribution is 5.87. The van der Waals surface area contributed by atoms with E-state index < -0.39 is 0 Å². The quantitative estimate of drug-likeness (QED) is 0.309. The van der Waals surface area contributed by atoms with Gasteiger partial charge in [-0.25, -0.2) is 4.79 Å². The van der Waals surface area contributed by atoms with E-state index in [-0.39, 0.29) is 5.97 Å². The standard InChI is InChI=1S/C26H38O2/c1-16(8-6-9-18(3)25(27)28-5)20-13-11-17(2)21-14-12-19-10-7-15-26(4)23(19)24(26)22(20)21/h9-10,16,20-24H,2,6-8,11-15H2,1,3-5H3/b18-9+/t16-,20-,21+,22-,23-,24+,26-/m0/s1. The predicted molar refractivity (Wildman–Crippen MR) is 115 cm³/mol. The van der Waals surface area contributed by atoms with Gasteiger partial charge in [-0.2, -0.15) is 0 Å². The molecular formula is C26H38O2. The van der Waals surface area contributed by atoms with Gasteiger partial charge in [0.25, 0.3) is 0 Å². The van der Waals surface area contributed by atoms with Crippen molar-refractivity contribution in [3.63, 3.8) is 0 Å². The maximum atomic E-state index is 11.6. The number of esters is 1. The average molecular weight is 383 g/mol. The molecular weight excluding hydrogens is 344 g/mol. The first kappa shape index (κ1) is 20.0. The second-order valence-electron chi connectivity index (χ2n) is 10.3. The summed E-state index contributed by atoms with van der Waals surface area (Å²) >= 11 is 0. The molecule has 28 heavy (non-hydrogen) atoms. The van der Waals surface area contributed by atoms with Crippen molar-refractivity contribution in [3.8, 4) is 0 Å². The van der Waals surface area contributed by atoms with E-state index in [4.69, 9.17) is 4.74 Å². The molecule has 4 aliphatic carbocycles. The van der Waals surface area contributed by atoms with E-state index >= 15 is 0 Å². The van der Waals surface area contributed by atoms with Gasteiger partial charge in [-0.3, -0.25) is 0 Å². The predicted octanol–water partition coefficient (Wildman–Crippen LogP) is 6.49. The molecule has 0 unspecified atom stereocenters. The van der Waals surface area contributed by atoms with Gasteiger partial charge in [0.2, 0.25) is 0 Å². The SMILES string of the molecule is C=C1CC[C@@H]([C@@H](C)CC/C=C(\C)C(=O)OC)[C@@H]2[C@@H]3[C@@H]4C(=CCC[C@]34C)CC[C@H]12. The zero-order chi connectivity index (χ0) is 20.1. The van der Waals surface area contributed by atoms with Crippen LogP contribution in [0.3, 0.4) is 0 Å². The number of hydrogen-bond acceptors (Lipinski definition) is 2. The molecule has 0 bridgehead atoms. The Morgan fingerprint density at radius 2 is 2.18 bits per heavy atom. The second kappa shape index (κ2) is 7.50. The van der Waals surface area contributed by atoms with Crippen LogP contribution in [0.1, 0.15) is 72.1 Å². The van der Waals surface area contributed by atoms with Gasteiger partial charge in [0.05, 0.1) is 7.11 Å². The van der Waals surface area contributed by atoms with Crippen LogP contribution in [0, 0.1) is 40.9 Å². The van der Waals surface area contributed by atoms with Crippen molar-refractivity contribution < 1.29 is 9.53 Å². The van der Waals surface area contributed by atoms with Crippen LogP contribution in [-0.2, 0) is 9.53 Å². The highest BCUT2D eigenvalue weighted by atomic mass is 16.5. The van der Waals surface area contributed by atoms with E-state index in [1.54, 1.807) is 11.1 Å². The highest BCUT2D eigenvalue weighted by Gasteiger charge is 2.68. The summed E-state index contributed by atoms with van der Waals surface area (Å²) in [5.41, 5.74) is 4.66. The molecule has 0 N–H and O–H groups in total. The summed E-state index contributed by atoms with van der Waals surface area (Å²) in [5.74, 6) is 4.67. The molecule has 0 aromatic heterocycles. The normalized spacial score (nSPS) is 40.6. The van der Waals surface area contributed by atoms with E-state index in [2.05, 4.69) is 32.6 Å². The summed E-state index contributed by atoms with van der Waals surface area (Å²) in [6.07, 6.45) is 14.7. The Bertz CT molecular complexity index is 714. The fraction of sp³-hybridized carbons (Fsp3) is 0.731. The smallest absolute Gasteiger partial charge is 0.333 e. The Hall–Kier alpha value is -1.31. The maximum Gasteiger partial charge on any atom is 0.333 e. The third-order valence-corrected chi connectivity index (χ3v) is 8.96. The Morgan fingerprint density at radius 3 is 2.93 bits per heavy atom. The van der Waals surface area contributed by atoms with E-state index in [0.717, 1.165) is 41.6 Å². The summed E-state index contributed by atoms with van der Waals surface area (Å²) in [4.78, 5) is 11.6. The number of carbonyl (C=O) groups excluding carboxylic acids is 1. The van der Waals surface area contributed by atoms with Crippen LogP contribution >= 0.6 is 0 Å². The number of methoxy groups -OCH3 is 1. The lowest BCUT2D eigenvalue weighted by Gasteiger charge is -2.44. The Labute approximate surface area is 171 Å². The fourth-order valence-corrected chi connectivity index (χ4v) is 7.41. The largest absolute Gasteiger partial charge is 0.466 e. The van der Waals surface area contributed by atoms with Crippen molar-refractivity contribution in [2.24, 2.45) is 40.9 Å². The monoisotopic (exact) mass is 382 g/mol. The van der Waals surface area contributed by atoms with Gasteiger partial charge >= 0.3 is 5.97 Å². The van der Waals surface area contributed by atoms with Crippen molar-refractivity contribution in [1.29, 1.82) is 0 Å². The van der Waals surface area contributed by atoms with Crippen molar-refractivity contribution in [1.82, 2.24) is 0 Å². The number of allylic oxidation sites excluding steroid dienone is 4. The van der Waals surface area contributed by atoms with E-state index in [0.29, 0.717) is 11.3 Å². The molecule has 0 amide bonds. The summed E-state index contributed by atoms with van der Waals surface area (Å²) < 4.78 is 4.83. The zero-order valence-corrected chi connectivity index (χ0v) is 18.3. The Balaban J connectivity index is 1.51. The topological polar surface area (TPSA) is 26.3 Å². The minimum absolute atomic E-state index is 0.195.